The highest BCUT2D eigenvalue weighted by Crippen LogP contribution is 2.02. The zero-order chi connectivity index (χ0) is 14.1. The quantitative estimate of drug-likeness (QED) is 0.894. The van der Waals surface area contributed by atoms with E-state index < -0.39 is 0 Å². The van der Waals surface area contributed by atoms with E-state index in [-0.39, 0.29) is 5.91 Å². The van der Waals surface area contributed by atoms with Gasteiger partial charge in [-0.15, -0.1) is 0 Å². The molecule has 19 heavy (non-hydrogen) atoms. The predicted molar refractivity (Wildman–Crippen MR) is 78.2 cm³/mol. The SMILES string of the molecule is CC.CN1CCN(CC(=O)Nc2ccccn2)CC1. The molecule has 2 heterocycles. The van der Waals surface area contributed by atoms with Crippen molar-refractivity contribution in [1.29, 1.82) is 0 Å². The first-order valence-electron chi connectivity index (χ1n) is 6.86. The molecule has 0 unspecified atom stereocenters. The van der Waals surface area contributed by atoms with Crippen molar-refractivity contribution in [1.82, 2.24) is 14.8 Å². The Labute approximate surface area is 115 Å². The van der Waals surface area contributed by atoms with Crippen molar-refractivity contribution >= 4 is 11.7 Å². The van der Waals surface area contributed by atoms with Crippen molar-refractivity contribution in [2.45, 2.75) is 13.8 Å². The summed E-state index contributed by atoms with van der Waals surface area (Å²) in [5.74, 6) is 0.625. The molecule has 1 saturated heterocycles. The van der Waals surface area contributed by atoms with Gasteiger partial charge in [-0.1, -0.05) is 19.9 Å². The van der Waals surface area contributed by atoms with E-state index in [9.17, 15) is 4.79 Å². The fraction of sp³-hybridized carbons (Fsp3) is 0.571. The lowest BCUT2D eigenvalue weighted by Gasteiger charge is -2.31. The molecule has 0 bridgehead atoms. The van der Waals surface area contributed by atoms with Crippen LogP contribution in [0.15, 0.2) is 24.4 Å². The van der Waals surface area contributed by atoms with Gasteiger partial charge in [0, 0.05) is 32.4 Å². The van der Waals surface area contributed by atoms with Crippen LogP contribution in [0.4, 0.5) is 5.82 Å². The van der Waals surface area contributed by atoms with Gasteiger partial charge in [-0.2, -0.15) is 0 Å². The summed E-state index contributed by atoms with van der Waals surface area (Å²) in [6, 6.07) is 5.48. The van der Waals surface area contributed by atoms with Crippen LogP contribution in [-0.4, -0.2) is 60.5 Å². The van der Waals surface area contributed by atoms with E-state index in [1.807, 2.05) is 26.0 Å². The summed E-state index contributed by atoms with van der Waals surface area (Å²) in [7, 11) is 2.10. The van der Waals surface area contributed by atoms with E-state index in [1.54, 1.807) is 12.3 Å². The van der Waals surface area contributed by atoms with Gasteiger partial charge in [-0.3, -0.25) is 9.69 Å². The lowest BCUT2D eigenvalue weighted by atomic mass is 10.3. The molecule has 0 radical (unpaired) electrons. The van der Waals surface area contributed by atoms with Gasteiger partial charge in [0.05, 0.1) is 6.54 Å². The van der Waals surface area contributed by atoms with E-state index in [0.29, 0.717) is 12.4 Å². The van der Waals surface area contributed by atoms with Crippen molar-refractivity contribution in [2.24, 2.45) is 0 Å². The molecule has 0 aliphatic carbocycles. The monoisotopic (exact) mass is 264 g/mol. The van der Waals surface area contributed by atoms with Crippen LogP contribution in [-0.2, 0) is 4.79 Å². The average molecular weight is 264 g/mol. The molecule has 0 spiro atoms. The highest BCUT2D eigenvalue weighted by Gasteiger charge is 2.16. The molecule has 5 nitrogen and oxygen atoms in total. The number of hydrogen-bond donors (Lipinski definition) is 1. The number of hydrogen-bond acceptors (Lipinski definition) is 4. The van der Waals surface area contributed by atoms with Crippen molar-refractivity contribution in [3.8, 4) is 0 Å². The number of nitrogens with one attached hydrogen (secondary N) is 1. The van der Waals surface area contributed by atoms with Gasteiger partial charge in [0.1, 0.15) is 5.82 Å². The Balaban J connectivity index is 0.000000861. The summed E-state index contributed by atoms with van der Waals surface area (Å²) in [5.41, 5.74) is 0. The lowest BCUT2D eigenvalue weighted by Crippen LogP contribution is -2.47. The zero-order valence-electron chi connectivity index (χ0n) is 12.1. The number of amides is 1. The maximum Gasteiger partial charge on any atom is 0.239 e. The van der Waals surface area contributed by atoms with Crippen molar-refractivity contribution in [2.75, 3.05) is 45.1 Å². The molecule has 2 rings (SSSR count). The second-order valence-corrected chi connectivity index (χ2v) is 4.34. The van der Waals surface area contributed by atoms with Crippen LogP contribution >= 0.6 is 0 Å². The molecule has 1 N–H and O–H groups in total. The fourth-order valence-electron chi connectivity index (χ4n) is 1.83. The maximum absolute atomic E-state index is 11.8. The van der Waals surface area contributed by atoms with E-state index in [4.69, 9.17) is 0 Å². The van der Waals surface area contributed by atoms with Crippen molar-refractivity contribution in [3.63, 3.8) is 0 Å². The predicted octanol–water partition coefficient (Wildman–Crippen LogP) is 1.29. The van der Waals surface area contributed by atoms with Gasteiger partial charge >= 0.3 is 0 Å². The Morgan fingerprint density at radius 3 is 2.53 bits per heavy atom. The van der Waals surface area contributed by atoms with Gasteiger partial charge in [0.25, 0.3) is 0 Å². The third-order valence-electron chi connectivity index (χ3n) is 2.90. The number of piperazine rings is 1. The Hall–Kier alpha value is -1.46. The summed E-state index contributed by atoms with van der Waals surface area (Å²) in [5, 5.41) is 2.80. The van der Waals surface area contributed by atoms with Crippen LogP contribution in [0.25, 0.3) is 0 Å². The molecule has 0 atom stereocenters. The summed E-state index contributed by atoms with van der Waals surface area (Å²) < 4.78 is 0. The molecule has 0 saturated carbocycles. The normalized spacial score (nSPS) is 16.4. The molecule has 1 aliphatic heterocycles. The summed E-state index contributed by atoms with van der Waals surface area (Å²) in [6.45, 7) is 8.40. The van der Waals surface area contributed by atoms with Crippen LogP contribution < -0.4 is 5.32 Å². The molecule has 1 aromatic heterocycles. The maximum atomic E-state index is 11.8. The smallest absolute Gasteiger partial charge is 0.239 e. The first-order chi connectivity index (χ1) is 9.24. The zero-order valence-corrected chi connectivity index (χ0v) is 12.1. The van der Waals surface area contributed by atoms with Crippen LogP contribution in [0.2, 0.25) is 0 Å². The van der Waals surface area contributed by atoms with Crippen LogP contribution in [0.3, 0.4) is 0 Å². The summed E-state index contributed by atoms with van der Waals surface area (Å²) in [6.07, 6.45) is 1.67. The van der Waals surface area contributed by atoms with E-state index in [0.717, 1.165) is 26.2 Å². The molecule has 1 amide bonds. The number of anilines is 1. The Bertz CT molecular complexity index is 361. The first-order valence-corrected chi connectivity index (χ1v) is 6.86. The molecule has 0 aromatic carbocycles. The van der Waals surface area contributed by atoms with Gasteiger partial charge < -0.3 is 10.2 Å². The molecular weight excluding hydrogens is 240 g/mol. The van der Waals surface area contributed by atoms with E-state index in [2.05, 4.69) is 27.1 Å². The van der Waals surface area contributed by atoms with Crippen molar-refractivity contribution < 1.29 is 4.79 Å². The number of aromatic nitrogens is 1. The van der Waals surface area contributed by atoms with Crippen LogP contribution in [0.5, 0.6) is 0 Å². The second kappa shape index (κ2) is 8.61. The number of nitrogens with zero attached hydrogens (tertiary/aromatic N) is 3. The standard InChI is InChI=1S/C12H18N4O.C2H6/c1-15-6-8-16(9-7-15)10-12(17)14-11-4-2-3-5-13-11;1-2/h2-5H,6-10H2,1H3,(H,13,14,17);1-2H3. The molecular formula is C14H24N4O. The topological polar surface area (TPSA) is 48.5 Å². The van der Waals surface area contributed by atoms with Gasteiger partial charge in [0.2, 0.25) is 5.91 Å². The largest absolute Gasteiger partial charge is 0.310 e. The molecule has 5 heteroatoms. The fourth-order valence-corrected chi connectivity index (χ4v) is 1.83. The number of rotatable bonds is 3. The third-order valence-corrected chi connectivity index (χ3v) is 2.90. The number of likely N-dealkylation sites (N-methyl/N-ethyl adjacent to an activating group) is 1. The lowest BCUT2D eigenvalue weighted by molar-refractivity contribution is -0.117. The van der Waals surface area contributed by atoms with E-state index in [1.165, 1.54) is 0 Å². The number of carbonyl (C=O) groups excluding carboxylic acids is 1. The molecule has 1 aliphatic rings. The first kappa shape index (κ1) is 15.6. The van der Waals surface area contributed by atoms with Gasteiger partial charge in [0.15, 0.2) is 0 Å². The second-order valence-electron chi connectivity index (χ2n) is 4.34. The molecule has 1 fully saturated rings. The number of carbonyl (C=O) groups is 1. The Morgan fingerprint density at radius 2 is 1.95 bits per heavy atom. The Morgan fingerprint density at radius 1 is 1.26 bits per heavy atom. The van der Waals surface area contributed by atoms with Crippen LogP contribution in [0.1, 0.15) is 13.8 Å². The Kier molecular flexibility index (Phi) is 7.07. The molecule has 1 aromatic rings. The molecule has 106 valence electrons. The van der Waals surface area contributed by atoms with Gasteiger partial charge in [-0.25, -0.2) is 4.98 Å². The van der Waals surface area contributed by atoms with E-state index >= 15 is 0 Å². The van der Waals surface area contributed by atoms with Crippen LogP contribution in [0, 0.1) is 0 Å². The minimum atomic E-state index is 0.00764. The van der Waals surface area contributed by atoms with Gasteiger partial charge in [-0.05, 0) is 19.2 Å². The van der Waals surface area contributed by atoms with Crippen molar-refractivity contribution in [3.05, 3.63) is 24.4 Å². The minimum Gasteiger partial charge on any atom is -0.310 e. The summed E-state index contributed by atoms with van der Waals surface area (Å²) in [4.78, 5) is 20.3. The third kappa shape index (κ3) is 5.81. The highest BCUT2D eigenvalue weighted by molar-refractivity contribution is 5.91. The minimum absolute atomic E-state index is 0.00764. The number of pyridine rings is 1. The highest BCUT2D eigenvalue weighted by atomic mass is 16.2. The summed E-state index contributed by atoms with van der Waals surface area (Å²) >= 11 is 0. The average Bonchev–Trinajstić information content (AvgIpc) is 2.45.